The number of morpholine rings is 1. The first-order chi connectivity index (χ1) is 6.05. The molecule has 0 amide bonds. The second-order valence-electron chi connectivity index (χ2n) is 3.17. The Balaban J connectivity index is 2.56. The molecular weight excluding hydrogens is 183 g/mol. The van der Waals surface area contributed by atoms with Crippen LogP contribution in [0.3, 0.4) is 0 Å². The summed E-state index contributed by atoms with van der Waals surface area (Å²) >= 11 is 0. The zero-order valence-corrected chi connectivity index (χ0v) is 7.60. The number of hydrogen-bond donors (Lipinski definition) is 0. The second kappa shape index (κ2) is 4.28. The molecule has 1 aliphatic rings. The van der Waals surface area contributed by atoms with E-state index in [0.717, 1.165) is 6.42 Å². The molecular formula is C8H14F3NO. The van der Waals surface area contributed by atoms with Crippen LogP contribution in [0.15, 0.2) is 0 Å². The van der Waals surface area contributed by atoms with Crippen molar-refractivity contribution in [3.63, 3.8) is 0 Å². The minimum Gasteiger partial charge on any atom is -0.378 e. The van der Waals surface area contributed by atoms with E-state index in [4.69, 9.17) is 4.74 Å². The summed E-state index contributed by atoms with van der Waals surface area (Å²) in [5.41, 5.74) is 0. The summed E-state index contributed by atoms with van der Waals surface area (Å²) in [6, 6.07) is -1.40. The number of alkyl halides is 3. The Labute approximate surface area is 75.7 Å². The topological polar surface area (TPSA) is 12.5 Å². The van der Waals surface area contributed by atoms with Gasteiger partial charge >= 0.3 is 6.18 Å². The fraction of sp³-hybridized carbons (Fsp3) is 1.00. The molecule has 0 aliphatic carbocycles. The van der Waals surface area contributed by atoms with Crippen LogP contribution >= 0.6 is 0 Å². The lowest BCUT2D eigenvalue weighted by atomic mass is 10.2. The Morgan fingerprint density at radius 1 is 1.46 bits per heavy atom. The van der Waals surface area contributed by atoms with Crippen molar-refractivity contribution in [2.45, 2.75) is 25.6 Å². The number of hydrogen-bond acceptors (Lipinski definition) is 2. The van der Waals surface area contributed by atoms with Crippen LogP contribution in [-0.4, -0.2) is 43.4 Å². The molecule has 0 N–H and O–H groups in total. The number of halogens is 3. The van der Waals surface area contributed by atoms with Crippen molar-refractivity contribution in [3.05, 3.63) is 0 Å². The molecule has 1 heterocycles. The highest BCUT2D eigenvalue weighted by Crippen LogP contribution is 2.26. The molecule has 0 aromatic carbocycles. The van der Waals surface area contributed by atoms with E-state index in [9.17, 15) is 13.2 Å². The minimum atomic E-state index is -4.16. The van der Waals surface area contributed by atoms with E-state index in [1.807, 2.05) is 6.92 Å². The van der Waals surface area contributed by atoms with Crippen LogP contribution < -0.4 is 0 Å². The molecule has 1 unspecified atom stereocenters. The Hall–Kier alpha value is -0.290. The monoisotopic (exact) mass is 197 g/mol. The summed E-state index contributed by atoms with van der Waals surface area (Å²) in [6.45, 7) is 2.95. The molecule has 0 bridgehead atoms. The maximum Gasteiger partial charge on any atom is 0.406 e. The zero-order valence-electron chi connectivity index (χ0n) is 7.60. The maximum absolute atomic E-state index is 12.4. The van der Waals surface area contributed by atoms with Crippen LogP contribution in [0.1, 0.15) is 13.3 Å². The fourth-order valence-corrected chi connectivity index (χ4v) is 1.49. The van der Waals surface area contributed by atoms with Crippen molar-refractivity contribution in [3.8, 4) is 0 Å². The summed E-state index contributed by atoms with van der Waals surface area (Å²) < 4.78 is 42.0. The normalized spacial score (nSPS) is 26.3. The molecule has 1 fully saturated rings. The van der Waals surface area contributed by atoms with Crippen molar-refractivity contribution in [2.75, 3.05) is 26.3 Å². The third-order valence-electron chi connectivity index (χ3n) is 2.13. The molecule has 1 atom stereocenters. The molecule has 1 saturated heterocycles. The van der Waals surface area contributed by atoms with E-state index >= 15 is 0 Å². The van der Waals surface area contributed by atoms with Gasteiger partial charge in [0.15, 0.2) is 0 Å². The van der Waals surface area contributed by atoms with Gasteiger partial charge in [0, 0.05) is 6.54 Å². The lowest BCUT2D eigenvalue weighted by Crippen LogP contribution is -2.53. The van der Waals surface area contributed by atoms with E-state index < -0.39 is 12.2 Å². The summed E-state index contributed by atoms with van der Waals surface area (Å²) in [5, 5.41) is 0. The van der Waals surface area contributed by atoms with Gasteiger partial charge < -0.3 is 4.74 Å². The van der Waals surface area contributed by atoms with Gasteiger partial charge in [0.2, 0.25) is 0 Å². The SMILES string of the molecule is CCCN1CCOCC1C(F)(F)F. The van der Waals surface area contributed by atoms with Crippen LogP contribution in [0.4, 0.5) is 13.2 Å². The quantitative estimate of drug-likeness (QED) is 0.667. The van der Waals surface area contributed by atoms with Gasteiger partial charge in [-0.2, -0.15) is 13.2 Å². The molecule has 0 saturated carbocycles. The van der Waals surface area contributed by atoms with Crippen LogP contribution in [-0.2, 0) is 4.74 Å². The first-order valence-corrected chi connectivity index (χ1v) is 4.44. The minimum absolute atomic E-state index is 0.219. The Morgan fingerprint density at radius 3 is 2.69 bits per heavy atom. The molecule has 5 heteroatoms. The number of rotatable bonds is 2. The zero-order chi connectivity index (χ0) is 9.90. The van der Waals surface area contributed by atoms with Crippen LogP contribution in [0.25, 0.3) is 0 Å². The van der Waals surface area contributed by atoms with Crippen molar-refractivity contribution < 1.29 is 17.9 Å². The molecule has 2 nitrogen and oxygen atoms in total. The number of nitrogens with zero attached hydrogens (tertiary/aromatic N) is 1. The molecule has 0 aromatic rings. The van der Waals surface area contributed by atoms with Crippen LogP contribution in [0, 0.1) is 0 Å². The van der Waals surface area contributed by atoms with E-state index in [0.29, 0.717) is 19.7 Å². The first kappa shape index (κ1) is 10.8. The van der Waals surface area contributed by atoms with Crippen molar-refractivity contribution >= 4 is 0 Å². The predicted molar refractivity (Wildman–Crippen MR) is 42.5 cm³/mol. The van der Waals surface area contributed by atoms with E-state index in [-0.39, 0.29) is 6.61 Å². The summed E-state index contributed by atoms with van der Waals surface area (Å²) in [6.07, 6.45) is -3.41. The van der Waals surface area contributed by atoms with Gasteiger partial charge in [-0.1, -0.05) is 6.92 Å². The van der Waals surface area contributed by atoms with Crippen LogP contribution in [0.5, 0.6) is 0 Å². The molecule has 0 spiro atoms. The van der Waals surface area contributed by atoms with Crippen molar-refractivity contribution in [2.24, 2.45) is 0 Å². The van der Waals surface area contributed by atoms with Gasteiger partial charge in [-0.05, 0) is 13.0 Å². The molecule has 13 heavy (non-hydrogen) atoms. The molecule has 78 valence electrons. The van der Waals surface area contributed by atoms with Gasteiger partial charge in [0.1, 0.15) is 6.04 Å². The smallest absolute Gasteiger partial charge is 0.378 e. The van der Waals surface area contributed by atoms with E-state index in [1.165, 1.54) is 4.90 Å². The first-order valence-electron chi connectivity index (χ1n) is 4.44. The third-order valence-corrected chi connectivity index (χ3v) is 2.13. The molecule has 0 radical (unpaired) electrons. The predicted octanol–water partition coefficient (Wildman–Crippen LogP) is 1.66. The fourth-order valence-electron chi connectivity index (χ4n) is 1.49. The third kappa shape index (κ3) is 2.84. The molecule has 1 rings (SSSR count). The maximum atomic E-state index is 12.4. The molecule has 0 aromatic heterocycles. The Morgan fingerprint density at radius 2 is 2.15 bits per heavy atom. The van der Waals surface area contributed by atoms with Crippen molar-refractivity contribution in [1.82, 2.24) is 4.90 Å². The summed E-state index contributed by atoms with van der Waals surface area (Å²) in [5.74, 6) is 0. The van der Waals surface area contributed by atoms with Gasteiger partial charge in [-0.3, -0.25) is 4.90 Å². The van der Waals surface area contributed by atoms with Crippen molar-refractivity contribution in [1.29, 1.82) is 0 Å². The lowest BCUT2D eigenvalue weighted by molar-refractivity contribution is -0.211. The van der Waals surface area contributed by atoms with Gasteiger partial charge in [-0.25, -0.2) is 0 Å². The summed E-state index contributed by atoms with van der Waals surface area (Å²) in [4.78, 5) is 1.45. The highest BCUT2D eigenvalue weighted by molar-refractivity contribution is 4.81. The van der Waals surface area contributed by atoms with Crippen LogP contribution in [0.2, 0.25) is 0 Å². The average molecular weight is 197 g/mol. The van der Waals surface area contributed by atoms with E-state index in [1.54, 1.807) is 0 Å². The van der Waals surface area contributed by atoms with Gasteiger partial charge in [0.25, 0.3) is 0 Å². The molecule has 1 aliphatic heterocycles. The van der Waals surface area contributed by atoms with Gasteiger partial charge in [0.05, 0.1) is 13.2 Å². The lowest BCUT2D eigenvalue weighted by Gasteiger charge is -2.36. The van der Waals surface area contributed by atoms with Gasteiger partial charge in [-0.15, -0.1) is 0 Å². The standard InChI is InChI=1S/C8H14F3NO/c1-2-3-12-4-5-13-6-7(12)8(9,10)11/h7H,2-6H2,1H3. The van der Waals surface area contributed by atoms with E-state index in [2.05, 4.69) is 0 Å². The average Bonchev–Trinajstić information content (AvgIpc) is 2.04. The Bertz CT molecular complexity index is 158. The largest absolute Gasteiger partial charge is 0.406 e. The second-order valence-corrected chi connectivity index (χ2v) is 3.17. The number of ether oxygens (including phenoxy) is 1. The highest BCUT2D eigenvalue weighted by atomic mass is 19.4. The Kier molecular flexibility index (Phi) is 3.55. The summed E-state index contributed by atoms with van der Waals surface area (Å²) in [7, 11) is 0. The highest BCUT2D eigenvalue weighted by Gasteiger charge is 2.44.